The lowest BCUT2D eigenvalue weighted by Crippen LogP contribution is -2.04. The van der Waals surface area contributed by atoms with Crippen LogP contribution in [-0.2, 0) is 9.53 Å². The van der Waals surface area contributed by atoms with Gasteiger partial charge in [0.15, 0.2) is 5.78 Å². The Labute approximate surface area is 151 Å². The number of ether oxygens (including phenoxy) is 2. The van der Waals surface area contributed by atoms with E-state index in [1.807, 2.05) is 0 Å². The first kappa shape index (κ1) is 18.9. The van der Waals surface area contributed by atoms with Crippen molar-refractivity contribution in [3.8, 4) is 5.75 Å². The third-order valence-electron chi connectivity index (χ3n) is 3.64. The van der Waals surface area contributed by atoms with Crippen molar-refractivity contribution >= 4 is 29.4 Å². The SMILES string of the molecule is COC(=O)c1ccccc1N=CC(C(C)=O)=C(O)c1ccc(OC)cc1. The molecule has 6 nitrogen and oxygen atoms in total. The number of hydrogen-bond donors (Lipinski definition) is 1. The predicted octanol–water partition coefficient (Wildman–Crippen LogP) is 3.74. The molecular formula is C20H19NO5. The van der Waals surface area contributed by atoms with E-state index in [9.17, 15) is 14.7 Å². The molecule has 0 bridgehead atoms. The lowest BCUT2D eigenvalue weighted by Gasteiger charge is -2.06. The standard InChI is InChI=1S/C20H19NO5/c1-13(22)17(19(23)14-8-10-15(25-2)11-9-14)12-21-18-7-5-4-6-16(18)20(24)26-3/h4-12,23H,1-3H3. The number of aliphatic imine (C=N–C) groups is 1. The summed E-state index contributed by atoms with van der Waals surface area (Å²) in [5.41, 5.74) is 1.07. The number of carbonyl (C=O) groups is 2. The van der Waals surface area contributed by atoms with Crippen molar-refractivity contribution in [2.45, 2.75) is 6.92 Å². The Morgan fingerprint density at radius 2 is 1.69 bits per heavy atom. The minimum absolute atomic E-state index is 0.0230. The van der Waals surface area contributed by atoms with Crippen molar-refractivity contribution in [3.05, 3.63) is 65.2 Å². The van der Waals surface area contributed by atoms with Gasteiger partial charge in [-0.15, -0.1) is 0 Å². The van der Waals surface area contributed by atoms with Crippen molar-refractivity contribution < 1.29 is 24.2 Å². The minimum atomic E-state index is -0.537. The van der Waals surface area contributed by atoms with Gasteiger partial charge < -0.3 is 14.6 Å². The van der Waals surface area contributed by atoms with Crippen molar-refractivity contribution in [1.82, 2.24) is 0 Å². The van der Waals surface area contributed by atoms with E-state index in [1.165, 1.54) is 27.4 Å². The van der Waals surface area contributed by atoms with Gasteiger partial charge in [0.1, 0.15) is 11.5 Å². The van der Waals surface area contributed by atoms with Gasteiger partial charge >= 0.3 is 5.97 Å². The van der Waals surface area contributed by atoms with E-state index in [0.29, 0.717) is 17.0 Å². The molecule has 0 aliphatic rings. The predicted molar refractivity (Wildman–Crippen MR) is 99.2 cm³/mol. The molecule has 0 unspecified atom stereocenters. The molecule has 0 aromatic heterocycles. The van der Waals surface area contributed by atoms with Crippen LogP contribution in [0.2, 0.25) is 0 Å². The maximum absolute atomic E-state index is 12.0. The molecule has 0 amide bonds. The third-order valence-corrected chi connectivity index (χ3v) is 3.64. The van der Waals surface area contributed by atoms with Gasteiger partial charge in [0.05, 0.1) is 31.0 Å². The van der Waals surface area contributed by atoms with Gasteiger partial charge in [0.25, 0.3) is 0 Å². The van der Waals surface area contributed by atoms with E-state index in [4.69, 9.17) is 9.47 Å². The smallest absolute Gasteiger partial charge is 0.340 e. The molecule has 2 rings (SSSR count). The fraction of sp³-hybridized carbons (Fsp3) is 0.150. The molecule has 0 aliphatic carbocycles. The van der Waals surface area contributed by atoms with E-state index in [2.05, 4.69) is 4.99 Å². The number of Topliss-reactive ketones (excluding diaryl/α,β-unsaturated/α-hetero) is 1. The molecule has 0 saturated carbocycles. The fourth-order valence-corrected chi connectivity index (χ4v) is 2.23. The zero-order valence-electron chi connectivity index (χ0n) is 14.7. The summed E-state index contributed by atoms with van der Waals surface area (Å²) in [4.78, 5) is 27.9. The Kier molecular flexibility index (Phi) is 6.27. The first-order valence-electron chi connectivity index (χ1n) is 7.78. The average Bonchev–Trinajstić information content (AvgIpc) is 2.67. The number of carbonyl (C=O) groups excluding carboxylic acids is 2. The van der Waals surface area contributed by atoms with Crippen molar-refractivity contribution in [2.24, 2.45) is 4.99 Å². The Balaban J connectivity index is 2.43. The van der Waals surface area contributed by atoms with Crippen LogP contribution in [0, 0.1) is 0 Å². The molecule has 0 saturated heterocycles. The molecule has 2 aromatic carbocycles. The van der Waals surface area contributed by atoms with E-state index in [0.717, 1.165) is 0 Å². The summed E-state index contributed by atoms with van der Waals surface area (Å²) in [5, 5.41) is 10.5. The number of benzene rings is 2. The maximum Gasteiger partial charge on any atom is 0.340 e. The van der Waals surface area contributed by atoms with Crippen molar-refractivity contribution in [1.29, 1.82) is 0 Å². The largest absolute Gasteiger partial charge is 0.507 e. The number of nitrogens with zero attached hydrogens (tertiary/aromatic N) is 1. The summed E-state index contributed by atoms with van der Waals surface area (Å²) >= 11 is 0. The molecule has 6 heteroatoms. The number of aliphatic hydroxyl groups is 1. The van der Waals surface area contributed by atoms with Crippen LogP contribution in [0.5, 0.6) is 5.75 Å². The van der Waals surface area contributed by atoms with Crippen LogP contribution in [0.3, 0.4) is 0 Å². The number of rotatable bonds is 6. The highest BCUT2D eigenvalue weighted by atomic mass is 16.5. The Bertz CT molecular complexity index is 866. The van der Waals surface area contributed by atoms with Gasteiger partial charge in [-0.2, -0.15) is 0 Å². The highest BCUT2D eigenvalue weighted by Gasteiger charge is 2.13. The minimum Gasteiger partial charge on any atom is -0.507 e. The molecule has 0 heterocycles. The summed E-state index contributed by atoms with van der Waals surface area (Å²) in [5.74, 6) is -0.478. The van der Waals surface area contributed by atoms with Gasteiger partial charge in [-0.05, 0) is 43.3 Å². The summed E-state index contributed by atoms with van der Waals surface area (Å²) in [6, 6.07) is 13.2. The lowest BCUT2D eigenvalue weighted by atomic mass is 10.1. The normalized spacial score (nSPS) is 11.8. The summed E-state index contributed by atoms with van der Waals surface area (Å²) in [6.45, 7) is 1.33. The number of para-hydroxylation sites is 1. The van der Waals surface area contributed by atoms with Gasteiger partial charge in [0, 0.05) is 11.8 Å². The highest BCUT2D eigenvalue weighted by Crippen LogP contribution is 2.22. The number of aliphatic hydroxyl groups excluding tert-OH is 1. The van der Waals surface area contributed by atoms with Crippen LogP contribution >= 0.6 is 0 Å². The molecule has 26 heavy (non-hydrogen) atoms. The number of methoxy groups -OCH3 is 2. The highest BCUT2D eigenvalue weighted by molar-refractivity contribution is 6.17. The van der Waals surface area contributed by atoms with Crippen LogP contribution in [0.1, 0.15) is 22.8 Å². The summed E-state index contributed by atoms with van der Waals surface area (Å²) in [7, 11) is 2.82. The number of hydrogen-bond acceptors (Lipinski definition) is 6. The second-order valence-electron chi connectivity index (χ2n) is 5.31. The molecule has 2 aromatic rings. The van der Waals surface area contributed by atoms with Gasteiger partial charge in [-0.25, -0.2) is 4.79 Å². The zero-order chi connectivity index (χ0) is 19.1. The van der Waals surface area contributed by atoms with Crippen molar-refractivity contribution in [3.63, 3.8) is 0 Å². The number of ketones is 1. The Morgan fingerprint density at radius 3 is 2.27 bits per heavy atom. The van der Waals surface area contributed by atoms with Crippen LogP contribution < -0.4 is 4.74 Å². The molecule has 0 spiro atoms. The molecule has 0 radical (unpaired) electrons. The van der Waals surface area contributed by atoms with E-state index < -0.39 is 5.97 Å². The molecular weight excluding hydrogens is 334 g/mol. The van der Waals surface area contributed by atoms with Crippen LogP contribution in [0.15, 0.2) is 59.1 Å². The quantitative estimate of drug-likeness (QED) is 0.370. The van der Waals surface area contributed by atoms with Gasteiger partial charge in [-0.1, -0.05) is 12.1 Å². The number of allylic oxidation sites excluding steroid dienone is 1. The monoisotopic (exact) mass is 353 g/mol. The fourth-order valence-electron chi connectivity index (χ4n) is 2.23. The van der Waals surface area contributed by atoms with Gasteiger partial charge in [0.2, 0.25) is 0 Å². The second-order valence-corrected chi connectivity index (χ2v) is 5.31. The summed E-state index contributed by atoms with van der Waals surface area (Å²) < 4.78 is 9.79. The van der Waals surface area contributed by atoms with Gasteiger partial charge in [-0.3, -0.25) is 9.79 Å². The van der Waals surface area contributed by atoms with Crippen LogP contribution in [-0.4, -0.2) is 37.3 Å². The first-order valence-corrected chi connectivity index (χ1v) is 7.78. The van der Waals surface area contributed by atoms with E-state index >= 15 is 0 Å². The molecule has 0 fully saturated rings. The molecule has 134 valence electrons. The van der Waals surface area contributed by atoms with Crippen LogP contribution in [0.4, 0.5) is 5.69 Å². The summed E-state index contributed by atoms with van der Waals surface area (Å²) in [6.07, 6.45) is 1.24. The van der Waals surface area contributed by atoms with E-state index in [1.54, 1.807) is 48.5 Å². The zero-order valence-corrected chi connectivity index (χ0v) is 14.7. The maximum atomic E-state index is 12.0. The molecule has 0 aliphatic heterocycles. The first-order chi connectivity index (χ1) is 12.5. The van der Waals surface area contributed by atoms with E-state index in [-0.39, 0.29) is 22.7 Å². The Hall–Kier alpha value is -3.41. The number of esters is 1. The second kappa shape index (κ2) is 8.62. The lowest BCUT2D eigenvalue weighted by molar-refractivity contribution is -0.113. The molecule has 1 N–H and O–H groups in total. The third kappa shape index (κ3) is 4.36. The Morgan fingerprint density at radius 1 is 1.04 bits per heavy atom. The topological polar surface area (TPSA) is 85.2 Å². The van der Waals surface area contributed by atoms with Crippen LogP contribution in [0.25, 0.3) is 5.76 Å². The molecule has 0 atom stereocenters. The van der Waals surface area contributed by atoms with Crippen molar-refractivity contribution in [2.75, 3.05) is 14.2 Å². The average molecular weight is 353 g/mol.